The van der Waals surface area contributed by atoms with Gasteiger partial charge < -0.3 is 18.9 Å². The summed E-state index contributed by atoms with van der Waals surface area (Å²) in [7, 11) is 1.27. The van der Waals surface area contributed by atoms with Crippen molar-refractivity contribution in [2.45, 2.75) is 45.3 Å². The van der Waals surface area contributed by atoms with E-state index in [4.69, 9.17) is 25.8 Å². The number of ether oxygens (including phenoxy) is 4. The lowest BCUT2D eigenvalue weighted by Gasteiger charge is -2.36. The van der Waals surface area contributed by atoms with Gasteiger partial charge in [-0.3, -0.25) is 4.79 Å². The second-order valence-electron chi connectivity index (χ2n) is 6.61. The van der Waals surface area contributed by atoms with Gasteiger partial charge in [-0.15, -0.1) is 0 Å². The molecule has 7 heteroatoms. The third kappa shape index (κ3) is 3.80. The topological polar surface area (TPSA) is 71.1 Å². The summed E-state index contributed by atoms with van der Waals surface area (Å²) in [6.07, 6.45) is 1.59. The highest BCUT2D eigenvalue weighted by Gasteiger charge is 2.42. The number of methoxy groups -OCH3 is 1. The van der Waals surface area contributed by atoms with E-state index in [0.29, 0.717) is 30.0 Å². The van der Waals surface area contributed by atoms with Crippen LogP contribution < -0.4 is 4.74 Å². The summed E-state index contributed by atoms with van der Waals surface area (Å²) in [5, 5.41) is 0.682. The quantitative estimate of drug-likeness (QED) is 0.735. The molecular weight excluding hydrogens is 360 g/mol. The summed E-state index contributed by atoms with van der Waals surface area (Å²) in [4.78, 5) is 24.0. The van der Waals surface area contributed by atoms with Crippen LogP contribution in [0.5, 0.6) is 5.75 Å². The number of Topliss-reactive ketones (excluding diaryl/α,β-unsaturated/α-hetero) is 1. The molecule has 26 heavy (non-hydrogen) atoms. The second kappa shape index (κ2) is 7.58. The third-order valence-electron chi connectivity index (χ3n) is 4.74. The molecule has 0 aromatic heterocycles. The number of fused-ring (bicyclic) bond motifs is 1. The van der Waals surface area contributed by atoms with E-state index < -0.39 is 6.16 Å². The molecule has 0 saturated heterocycles. The number of aryl methyl sites for hydroxylation is 2. The first-order valence-corrected chi connectivity index (χ1v) is 8.86. The molecule has 6 nitrogen and oxygen atoms in total. The predicted molar refractivity (Wildman–Crippen MR) is 94.1 cm³/mol. The monoisotopic (exact) mass is 380 g/mol. The second-order valence-corrected chi connectivity index (χ2v) is 6.99. The molecule has 0 N–H and O–H groups in total. The Bertz CT molecular complexity index is 733. The van der Waals surface area contributed by atoms with E-state index >= 15 is 0 Å². The van der Waals surface area contributed by atoms with Crippen LogP contribution in [0.25, 0.3) is 0 Å². The molecule has 3 atom stereocenters. The Labute approximate surface area is 157 Å². The SMILES string of the molecule is COC(=O)OC1CCC2C(=O)C(Oc3cc(C)c(Cl)c(C)c3)=COC2C1. The van der Waals surface area contributed by atoms with Crippen LogP contribution in [0.15, 0.2) is 24.2 Å². The van der Waals surface area contributed by atoms with Gasteiger partial charge in [-0.2, -0.15) is 0 Å². The molecule has 1 heterocycles. The maximum atomic E-state index is 12.8. The Morgan fingerprint density at radius 3 is 2.58 bits per heavy atom. The summed E-state index contributed by atoms with van der Waals surface area (Å²) in [6.45, 7) is 3.77. The van der Waals surface area contributed by atoms with E-state index in [9.17, 15) is 9.59 Å². The van der Waals surface area contributed by atoms with Crippen molar-refractivity contribution in [3.63, 3.8) is 0 Å². The Morgan fingerprint density at radius 1 is 1.23 bits per heavy atom. The van der Waals surface area contributed by atoms with Gasteiger partial charge in [0.05, 0.1) is 13.0 Å². The minimum Gasteiger partial charge on any atom is -0.493 e. The van der Waals surface area contributed by atoms with E-state index in [1.165, 1.54) is 13.4 Å². The van der Waals surface area contributed by atoms with E-state index in [1.807, 2.05) is 13.8 Å². The average Bonchev–Trinajstić information content (AvgIpc) is 2.62. The van der Waals surface area contributed by atoms with Gasteiger partial charge in [0, 0.05) is 11.4 Å². The van der Waals surface area contributed by atoms with Crippen LogP contribution in [0.4, 0.5) is 4.79 Å². The smallest absolute Gasteiger partial charge is 0.493 e. The normalized spacial score (nSPS) is 24.8. The molecule has 1 aliphatic heterocycles. The lowest BCUT2D eigenvalue weighted by molar-refractivity contribution is -0.132. The van der Waals surface area contributed by atoms with Crippen LogP contribution in [0.1, 0.15) is 30.4 Å². The summed E-state index contributed by atoms with van der Waals surface area (Å²) >= 11 is 6.17. The highest BCUT2D eigenvalue weighted by atomic mass is 35.5. The number of allylic oxidation sites excluding steroid dienone is 1. The number of hydrogen-bond donors (Lipinski definition) is 0. The zero-order valence-corrected chi connectivity index (χ0v) is 15.7. The molecule has 3 unspecified atom stereocenters. The molecule has 1 fully saturated rings. The first kappa shape index (κ1) is 18.6. The van der Waals surface area contributed by atoms with Gasteiger partial charge in [0.1, 0.15) is 24.2 Å². The molecule has 2 aliphatic rings. The summed E-state index contributed by atoms with van der Waals surface area (Å²) in [5.74, 6) is 0.332. The van der Waals surface area contributed by atoms with Gasteiger partial charge in [0.15, 0.2) is 0 Å². The number of hydrogen-bond acceptors (Lipinski definition) is 6. The molecule has 0 bridgehead atoms. The van der Waals surface area contributed by atoms with Crippen LogP contribution in [0.2, 0.25) is 5.02 Å². The summed E-state index contributed by atoms with van der Waals surface area (Å²) < 4.78 is 21.1. The van der Waals surface area contributed by atoms with Crippen LogP contribution in [0.3, 0.4) is 0 Å². The summed E-state index contributed by atoms with van der Waals surface area (Å²) in [6, 6.07) is 3.58. The Hall–Kier alpha value is -2.21. The molecule has 0 spiro atoms. The molecule has 3 rings (SSSR count). The van der Waals surface area contributed by atoms with Crippen LogP contribution in [0, 0.1) is 19.8 Å². The fraction of sp³-hybridized carbons (Fsp3) is 0.474. The lowest BCUT2D eigenvalue weighted by atomic mass is 9.80. The first-order chi connectivity index (χ1) is 12.4. The standard InChI is InChI=1S/C19H21ClO6/c1-10-6-13(7-11(2)17(10)20)25-16-9-24-15-8-12(26-19(22)23-3)4-5-14(15)18(16)21/h6-7,9,12,14-15H,4-5,8H2,1-3H3. The van der Waals surface area contributed by atoms with Crippen LogP contribution in [-0.4, -0.2) is 31.3 Å². The number of ketones is 1. The van der Waals surface area contributed by atoms with E-state index in [-0.39, 0.29) is 29.7 Å². The maximum Gasteiger partial charge on any atom is 0.508 e. The van der Waals surface area contributed by atoms with Gasteiger partial charge in [0.25, 0.3) is 0 Å². The van der Waals surface area contributed by atoms with Gasteiger partial charge in [0.2, 0.25) is 11.5 Å². The van der Waals surface area contributed by atoms with Crippen molar-refractivity contribution in [2.75, 3.05) is 7.11 Å². The van der Waals surface area contributed by atoms with Gasteiger partial charge in [-0.05, 0) is 49.9 Å². The maximum absolute atomic E-state index is 12.8. The molecule has 140 valence electrons. The number of carbonyl (C=O) groups is 2. The van der Waals surface area contributed by atoms with Crippen molar-refractivity contribution < 1.29 is 28.5 Å². The largest absolute Gasteiger partial charge is 0.508 e. The molecule has 1 aromatic rings. The number of carbonyl (C=O) groups excluding carboxylic acids is 2. The zero-order chi connectivity index (χ0) is 18.8. The highest BCUT2D eigenvalue weighted by Crippen LogP contribution is 2.36. The summed E-state index contributed by atoms with van der Waals surface area (Å²) in [5.41, 5.74) is 1.76. The molecule has 1 saturated carbocycles. The van der Waals surface area contributed by atoms with Crippen molar-refractivity contribution in [2.24, 2.45) is 5.92 Å². The van der Waals surface area contributed by atoms with Gasteiger partial charge >= 0.3 is 6.16 Å². The number of halogens is 1. The number of rotatable bonds is 3. The third-order valence-corrected chi connectivity index (χ3v) is 5.34. The van der Waals surface area contributed by atoms with Crippen molar-refractivity contribution in [1.82, 2.24) is 0 Å². The van der Waals surface area contributed by atoms with E-state index in [0.717, 1.165) is 11.1 Å². The fourth-order valence-electron chi connectivity index (χ4n) is 3.39. The Morgan fingerprint density at radius 2 is 1.92 bits per heavy atom. The lowest BCUT2D eigenvalue weighted by Crippen LogP contribution is -2.43. The fourth-order valence-corrected chi connectivity index (χ4v) is 3.50. The van der Waals surface area contributed by atoms with E-state index in [1.54, 1.807) is 12.1 Å². The van der Waals surface area contributed by atoms with Crippen molar-refractivity contribution in [3.8, 4) is 5.75 Å². The Kier molecular flexibility index (Phi) is 5.41. The minimum absolute atomic E-state index is 0.0944. The average molecular weight is 381 g/mol. The molecule has 1 aliphatic carbocycles. The number of benzene rings is 1. The Balaban J connectivity index is 1.69. The van der Waals surface area contributed by atoms with Gasteiger partial charge in [-0.25, -0.2) is 4.79 Å². The highest BCUT2D eigenvalue weighted by molar-refractivity contribution is 6.32. The predicted octanol–water partition coefficient (Wildman–Crippen LogP) is 4.10. The minimum atomic E-state index is -0.719. The molecular formula is C19H21ClO6. The zero-order valence-electron chi connectivity index (χ0n) is 14.9. The van der Waals surface area contributed by atoms with E-state index in [2.05, 4.69) is 4.74 Å². The van der Waals surface area contributed by atoms with Crippen LogP contribution >= 0.6 is 11.6 Å². The van der Waals surface area contributed by atoms with Crippen molar-refractivity contribution in [1.29, 1.82) is 0 Å². The van der Waals surface area contributed by atoms with Gasteiger partial charge in [-0.1, -0.05) is 11.6 Å². The van der Waals surface area contributed by atoms with Crippen molar-refractivity contribution in [3.05, 3.63) is 40.3 Å². The molecule has 1 aromatic carbocycles. The molecule has 0 radical (unpaired) electrons. The van der Waals surface area contributed by atoms with Crippen LogP contribution in [-0.2, 0) is 19.0 Å². The first-order valence-electron chi connectivity index (χ1n) is 8.48. The van der Waals surface area contributed by atoms with Crippen molar-refractivity contribution >= 4 is 23.5 Å². The molecule has 0 amide bonds.